The number of aromatic nitrogens is 3. The van der Waals surface area contributed by atoms with E-state index in [1.54, 1.807) is 38.1 Å². The van der Waals surface area contributed by atoms with E-state index in [1.807, 2.05) is 0 Å². The fourth-order valence-electron chi connectivity index (χ4n) is 2.31. The van der Waals surface area contributed by atoms with Crippen molar-refractivity contribution in [3.8, 4) is 11.4 Å². The van der Waals surface area contributed by atoms with Crippen LogP contribution in [-0.4, -0.2) is 35.1 Å². The Labute approximate surface area is 149 Å². The zero-order valence-corrected chi connectivity index (χ0v) is 15.3. The van der Waals surface area contributed by atoms with E-state index in [0.29, 0.717) is 16.5 Å². The Morgan fingerprint density at radius 1 is 1.12 bits per heavy atom. The van der Waals surface area contributed by atoms with Crippen LogP contribution in [-0.2, 0) is 16.6 Å². The van der Waals surface area contributed by atoms with E-state index in [-0.39, 0.29) is 23.1 Å². The van der Waals surface area contributed by atoms with Crippen molar-refractivity contribution >= 4 is 21.6 Å². The van der Waals surface area contributed by atoms with Gasteiger partial charge in [0.05, 0.1) is 6.54 Å². The van der Waals surface area contributed by atoms with Crippen LogP contribution in [0.4, 0.5) is 0 Å². The molecule has 2 aromatic heterocycles. The molecule has 1 aromatic carbocycles. The second-order valence-electron chi connectivity index (χ2n) is 5.43. The quantitative estimate of drug-likeness (QED) is 0.668. The molecule has 0 aliphatic carbocycles. The van der Waals surface area contributed by atoms with Crippen LogP contribution in [0, 0.1) is 13.8 Å². The van der Waals surface area contributed by atoms with Gasteiger partial charge in [0.1, 0.15) is 10.6 Å². The van der Waals surface area contributed by atoms with Crippen molar-refractivity contribution in [2.24, 2.45) is 0 Å². The Hall–Kier alpha value is -2.23. The van der Waals surface area contributed by atoms with Gasteiger partial charge < -0.3 is 9.05 Å². The summed E-state index contributed by atoms with van der Waals surface area (Å²) in [6, 6.07) is 6.92. The molecule has 10 heteroatoms. The first-order valence-electron chi connectivity index (χ1n) is 7.27. The SMILES string of the molecule is Cc1noc(C)c1S(=O)(=O)N(C)Cc1nc(-c2ccc(Cl)cc2)no1. The number of rotatable bonds is 5. The average Bonchev–Trinajstić information content (AvgIpc) is 3.15. The highest BCUT2D eigenvalue weighted by molar-refractivity contribution is 7.89. The molecule has 0 N–H and O–H groups in total. The van der Waals surface area contributed by atoms with Crippen molar-refractivity contribution < 1.29 is 17.5 Å². The van der Waals surface area contributed by atoms with Crippen LogP contribution in [0.2, 0.25) is 5.02 Å². The molecule has 25 heavy (non-hydrogen) atoms. The lowest BCUT2D eigenvalue weighted by atomic mass is 10.2. The normalized spacial score (nSPS) is 12.0. The number of benzene rings is 1. The van der Waals surface area contributed by atoms with Crippen molar-refractivity contribution in [1.82, 2.24) is 19.6 Å². The van der Waals surface area contributed by atoms with E-state index in [1.165, 1.54) is 7.05 Å². The van der Waals surface area contributed by atoms with E-state index >= 15 is 0 Å². The van der Waals surface area contributed by atoms with Gasteiger partial charge in [-0.05, 0) is 38.1 Å². The third kappa shape index (κ3) is 3.44. The number of hydrogen-bond acceptors (Lipinski definition) is 7. The van der Waals surface area contributed by atoms with Gasteiger partial charge in [-0.15, -0.1) is 0 Å². The minimum Gasteiger partial charge on any atom is -0.360 e. The topological polar surface area (TPSA) is 102 Å². The lowest BCUT2D eigenvalue weighted by Gasteiger charge is -2.14. The minimum absolute atomic E-state index is 0.0486. The zero-order chi connectivity index (χ0) is 18.2. The standard InChI is InChI=1S/C15H15ClN4O4S/c1-9-14(10(2)23-18-9)25(21,22)20(3)8-13-17-15(19-24-13)11-4-6-12(16)7-5-11/h4-7H,8H2,1-3H3. The Balaban J connectivity index is 1.82. The largest absolute Gasteiger partial charge is 0.360 e. The molecule has 0 spiro atoms. The van der Waals surface area contributed by atoms with Crippen LogP contribution >= 0.6 is 11.6 Å². The summed E-state index contributed by atoms with van der Waals surface area (Å²) in [5, 5.41) is 8.14. The number of halogens is 1. The zero-order valence-electron chi connectivity index (χ0n) is 13.7. The molecule has 132 valence electrons. The maximum absolute atomic E-state index is 12.7. The van der Waals surface area contributed by atoms with E-state index in [0.717, 1.165) is 9.87 Å². The predicted octanol–water partition coefficient (Wildman–Crippen LogP) is 2.82. The fraction of sp³-hybridized carbons (Fsp3) is 0.267. The third-order valence-corrected chi connectivity index (χ3v) is 5.87. The first kappa shape index (κ1) is 17.6. The minimum atomic E-state index is -3.78. The van der Waals surface area contributed by atoms with Crippen molar-refractivity contribution in [3.05, 3.63) is 46.6 Å². The van der Waals surface area contributed by atoms with Crippen molar-refractivity contribution in [1.29, 1.82) is 0 Å². The fourth-order valence-corrected chi connectivity index (χ4v) is 3.84. The number of hydrogen-bond donors (Lipinski definition) is 0. The summed E-state index contributed by atoms with van der Waals surface area (Å²) in [4.78, 5) is 4.27. The maximum atomic E-state index is 12.7. The van der Waals surface area contributed by atoms with Crippen LogP contribution in [0.5, 0.6) is 0 Å². The highest BCUT2D eigenvalue weighted by Gasteiger charge is 2.29. The van der Waals surface area contributed by atoms with E-state index < -0.39 is 10.0 Å². The van der Waals surface area contributed by atoms with Crippen LogP contribution in [0.1, 0.15) is 17.3 Å². The summed E-state index contributed by atoms with van der Waals surface area (Å²) in [5.74, 6) is 0.759. The predicted molar refractivity (Wildman–Crippen MR) is 89.4 cm³/mol. The number of nitrogens with zero attached hydrogens (tertiary/aromatic N) is 4. The first-order chi connectivity index (χ1) is 11.8. The number of aryl methyl sites for hydroxylation is 2. The van der Waals surface area contributed by atoms with Crippen LogP contribution in [0.3, 0.4) is 0 Å². The van der Waals surface area contributed by atoms with Gasteiger partial charge in [0, 0.05) is 17.6 Å². The Kier molecular flexibility index (Phi) is 4.63. The molecule has 3 aromatic rings. The van der Waals surface area contributed by atoms with Gasteiger partial charge in [-0.3, -0.25) is 0 Å². The van der Waals surface area contributed by atoms with Crippen molar-refractivity contribution in [2.75, 3.05) is 7.05 Å². The monoisotopic (exact) mass is 382 g/mol. The van der Waals surface area contributed by atoms with Crippen molar-refractivity contribution in [3.63, 3.8) is 0 Å². The van der Waals surface area contributed by atoms with Gasteiger partial charge in [-0.25, -0.2) is 8.42 Å². The van der Waals surface area contributed by atoms with Gasteiger partial charge in [0.25, 0.3) is 0 Å². The van der Waals surface area contributed by atoms with Crippen LogP contribution in [0.15, 0.2) is 38.2 Å². The lowest BCUT2D eigenvalue weighted by molar-refractivity contribution is 0.336. The Bertz CT molecular complexity index is 975. The Morgan fingerprint density at radius 3 is 2.40 bits per heavy atom. The Morgan fingerprint density at radius 2 is 1.80 bits per heavy atom. The molecular weight excluding hydrogens is 368 g/mol. The first-order valence-corrected chi connectivity index (χ1v) is 9.08. The van der Waals surface area contributed by atoms with Gasteiger partial charge in [0.15, 0.2) is 5.76 Å². The molecule has 2 heterocycles. The van der Waals surface area contributed by atoms with Gasteiger partial charge in [-0.2, -0.15) is 9.29 Å². The molecule has 0 bridgehead atoms. The number of sulfonamides is 1. The molecular formula is C15H15ClN4O4S. The molecule has 0 radical (unpaired) electrons. The van der Waals surface area contributed by atoms with Gasteiger partial charge in [-0.1, -0.05) is 21.9 Å². The molecule has 0 unspecified atom stereocenters. The van der Waals surface area contributed by atoms with E-state index in [4.69, 9.17) is 20.6 Å². The van der Waals surface area contributed by atoms with E-state index in [9.17, 15) is 8.42 Å². The summed E-state index contributed by atoms with van der Waals surface area (Å²) in [7, 11) is -2.36. The second-order valence-corrected chi connectivity index (χ2v) is 7.85. The summed E-state index contributed by atoms with van der Waals surface area (Å²) < 4.78 is 36.5. The molecule has 0 aliphatic rings. The maximum Gasteiger partial charge on any atom is 0.248 e. The molecule has 0 fully saturated rings. The average molecular weight is 383 g/mol. The van der Waals surface area contributed by atoms with Crippen LogP contribution < -0.4 is 0 Å². The highest BCUT2D eigenvalue weighted by Crippen LogP contribution is 2.24. The summed E-state index contributed by atoms with van der Waals surface area (Å²) in [6.07, 6.45) is 0. The lowest BCUT2D eigenvalue weighted by Crippen LogP contribution is -2.27. The van der Waals surface area contributed by atoms with Crippen LogP contribution in [0.25, 0.3) is 11.4 Å². The molecule has 0 saturated heterocycles. The van der Waals surface area contributed by atoms with Gasteiger partial charge >= 0.3 is 0 Å². The molecule has 3 rings (SSSR count). The molecule has 8 nitrogen and oxygen atoms in total. The summed E-state index contributed by atoms with van der Waals surface area (Å²) in [5.41, 5.74) is 1.02. The third-order valence-electron chi connectivity index (χ3n) is 3.56. The molecule has 0 aliphatic heterocycles. The summed E-state index contributed by atoms with van der Waals surface area (Å²) >= 11 is 5.85. The van der Waals surface area contributed by atoms with Gasteiger partial charge in [0.2, 0.25) is 21.7 Å². The van der Waals surface area contributed by atoms with Crippen molar-refractivity contribution in [2.45, 2.75) is 25.3 Å². The summed E-state index contributed by atoms with van der Waals surface area (Å²) in [6.45, 7) is 3.04. The highest BCUT2D eigenvalue weighted by atomic mass is 35.5. The molecule has 0 saturated carbocycles. The molecule has 0 atom stereocenters. The smallest absolute Gasteiger partial charge is 0.248 e. The van der Waals surface area contributed by atoms with E-state index in [2.05, 4.69) is 15.3 Å². The molecule has 0 amide bonds. The second kappa shape index (κ2) is 6.58.